The predicted octanol–water partition coefficient (Wildman–Crippen LogP) is 6.55. The lowest BCUT2D eigenvalue weighted by Crippen LogP contribution is -2.34. The number of methoxy groups -OCH3 is 1. The summed E-state index contributed by atoms with van der Waals surface area (Å²) >= 11 is 12.5. The SMILES string of the molecule is CN(C)C(C)(C)C.COc1cc2c(cc1-c1ccc(N)nc1)-c1c(c(C=O)nn1-c1cc(Cl)cc(Cl)c1)CO2. The standard InChI is InChI=1S/C23H16Cl2N4O3.C6H15N/c1-31-20-8-21-17(7-16(20)12-2-3-22(26)27-9-12)23-18(11-32-21)19(10-30)28-29(23)15-5-13(24)4-14(25)6-15;1-6(2,3)7(4)5/h2-10H,11H2,1H3,(H2,26,27);1-5H3. The molecule has 2 aromatic carbocycles. The normalized spacial score (nSPS) is 12.1. The van der Waals surface area contributed by atoms with E-state index in [9.17, 15) is 4.79 Å². The fourth-order valence-corrected chi connectivity index (χ4v) is 4.32. The molecule has 204 valence electrons. The molecule has 1 aliphatic heterocycles. The monoisotopic (exact) mass is 567 g/mol. The second-order valence-corrected chi connectivity index (χ2v) is 11.1. The van der Waals surface area contributed by atoms with E-state index in [0.717, 1.165) is 22.4 Å². The third kappa shape index (κ3) is 6.03. The lowest BCUT2D eigenvalue weighted by molar-refractivity contribution is 0.111. The quantitative estimate of drug-likeness (QED) is 0.279. The van der Waals surface area contributed by atoms with Crippen LogP contribution < -0.4 is 15.2 Å². The van der Waals surface area contributed by atoms with Crippen molar-refractivity contribution in [2.45, 2.75) is 32.9 Å². The third-order valence-electron chi connectivity index (χ3n) is 6.59. The number of nitrogens with zero attached hydrogens (tertiary/aromatic N) is 4. The van der Waals surface area contributed by atoms with Crippen molar-refractivity contribution in [1.82, 2.24) is 19.7 Å². The van der Waals surface area contributed by atoms with E-state index in [4.69, 9.17) is 38.4 Å². The Morgan fingerprint density at radius 2 is 1.74 bits per heavy atom. The maximum Gasteiger partial charge on any atom is 0.170 e. The average Bonchev–Trinajstić information content (AvgIpc) is 3.27. The fraction of sp³-hybridized carbons (Fsp3) is 0.276. The van der Waals surface area contributed by atoms with E-state index in [2.05, 4.69) is 49.8 Å². The minimum atomic E-state index is 0.191. The van der Waals surface area contributed by atoms with E-state index < -0.39 is 0 Å². The first-order valence-electron chi connectivity index (χ1n) is 12.2. The molecule has 5 rings (SSSR count). The molecule has 10 heteroatoms. The first-order valence-corrected chi connectivity index (χ1v) is 13.0. The summed E-state index contributed by atoms with van der Waals surface area (Å²) in [7, 11) is 5.76. The molecule has 0 saturated heterocycles. The molecule has 0 atom stereocenters. The zero-order chi connectivity index (χ0) is 28.5. The summed E-state index contributed by atoms with van der Waals surface area (Å²) in [5.41, 5.74) is 10.7. The van der Waals surface area contributed by atoms with E-state index in [-0.39, 0.29) is 12.3 Å². The molecule has 4 aromatic rings. The zero-order valence-corrected chi connectivity index (χ0v) is 24.3. The van der Waals surface area contributed by atoms with Gasteiger partial charge in [0.1, 0.15) is 29.6 Å². The average molecular weight is 569 g/mol. The van der Waals surface area contributed by atoms with E-state index >= 15 is 0 Å². The van der Waals surface area contributed by atoms with Crippen LogP contribution in [0.15, 0.2) is 48.7 Å². The number of hydrogen-bond acceptors (Lipinski definition) is 7. The van der Waals surface area contributed by atoms with Crippen LogP contribution in [0.4, 0.5) is 5.82 Å². The largest absolute Gasteiger partial charge is 0.496 e. The number of carbonyl (C=O) groups is 1. The molecule has 39 heavy (non-hydrogen) atoms. The van der Waals surface area contributed by atoms with Gasteiger partial charge in [-0.25, -0.2) is 9.67 Å². The number of rotatable bonds is 4. The Morgan fingerprint density at radius 3 is 2.28 bits per heavy atom. The summed E-state index contributed by atoms with van der Waals surface area (Å²) in [5, 5.41) is 5.43. The molecule has 0 amide bonds. The second-order valence-electron chi connectivity index (χ2n) is 10.2. The highest BCUT2D eigenvalue weighted by atomic mass is 35.5. The number of carbonyl (C=O) groups excluding carboxylic acids is 1. The molecule has 0 bridgehead atoms. The van der Waals surface area contributed by atoms with Crippen LogP contribution in [-0.4, -0.2) is 52.7 Å². The van der Waals surface area contributed by atoms with Crippen LogP contribution >= 0.6 is 23.2 Å². The Labute approximate surface area is 238 Å². The summed E-state index contributed by atoms with van der Waals surface area (Å²) in [6.07, 6.45) is 2.39. The van der Waals surface area contributed by atoms with Crippen molar-refractivity contribution in [2.24, 2.45) is 0 Å². The van der Waals surface area contributed by atoms with E-state index in [0.29, 0.717) is 50.4 Å². The molecule has 0 spiro atoms. The van der Waals surface area contributed by atoms with Gasteiger partial charge in [0.05, 0.1) is 18.5 Å². The molecule has 2 aromatic heterocycles. The topological polar surface area (TPSA) is 95.5 Å². The molecular formula is C29H31Cl2N5O3. The van der Waals surface area contributed by atoms with E-state index in [1.807, 2.05) is 18.2 Å². The van der Waals surface area contributed by atoms with Gasteiger partial charge in [0.25, 0.3) is 0 Å². The van der Waals surface area contributed by atoms with Crippen molar-refractivity contribution < 1.29 is 14.3 Å². The van der Waals surface area contributed by atoms with Gasteiger partial charge in [-0.1, -0.05) is 23.2 Å². The van der Waals surface area contributed by atoms with E-state index in [1.54, 1.807) is 42.3 Å². The van der Waals surface area contributed by atoms with Gasteiger partial charge >= 0.3 is 0 Å². The van der Waals surface area contributed by atoms with Crippen LogP contribution in [0.25, 0.3) is 28.1 Å². The van der Waals surface area contributed by atoms with Crippen LogP contribution in [0.3, 0.4) is 0 Å². The van der Waals surface area contributed by atoms with Crippen molar-refractivity contribution in [3.8, 4) is 39.6 Å². The Balaban J connectivity index is 0.000000448. The molecule has 3 heterocycles. The smallest absolute Gasteiger partial charge is 0.170 e. The molecule has 0 saturated carbocycles. The van der Waals surface area contributed by atoms with Gasteiger partial charge in [0.2, 0.25) is 0 Å². The number of nitrogen functional groups attached to an aromatic ring is 1. The maximum absolute atomic E-state index is 11.8. The number of benzene rings is 2. The van der Waals surface area contributed by atoms with Crippen molar-refractivity contribution in [2.75, 3.05) is 26.9 Å². The van der Waals surface area contributed by atoms with Gasteiger partial charge in [-0.15, -0.1) is 0 Å². The predicted molar refractivity (Wildman–Crippen MR) is 156 cm³/mol. The summed E-state index contributed by atoms with van der Waals surface area (Å²) in [6, 6.07) is 12.4. The minimum absolute atomic E-state index is 0.191. The maximum atomic E-state index is 11.8. The second kappa shape index (κ2) is 11.3. The van der Waals surface area contributed by atoms with Crippen LogP contribution in [0.2, 0.25) is 10.0 Å². The number of aromatic nitrogens is 3. The van der Waals surface area contributed by atoms with Crippen LogP contribution in [0.1, 0.15) is 36.8 Å². The number of ether oxygens (including phenoxy) is 2. The number of hydrogen-bond donors (Lipinski definition) is 1. The van der Waals surface area contributed by atoms with E-state index in [1.165, 1.54) is 0 Å². The summed E-state index contributed by atoms with van der Waals surface area (Å²) in [4.78, 5) is 18.1. The third-order valence-corrected chi connectivity index (χ3v) is 7.02. The highest BCUT2D eigenvalue weighted by Crippen LogP contribution is 2.46. The number of fused-ring (bicyclic) bond motifs is 3. The van der Waals surface area contributed by atoms with Crippen molar-refractivity contribution >= 4 is 35.3 Å². The molecule has 2 N–H and O–H groups in total. The number of aldehydes is 1. The molecule has 0 fully saturated rings. The lowest BCUT2D eigenvalue weighted by Gasteiger charge is -2.27. The summed E-state index contributed by atoms with van der Waals surface area (Å²) in [5.74, 6) is 1.64. The molecular weight excluding hydrogens is 537 g/mol. The van der Waals surface area contributed by atoms with Gasteiger partial charge in [-0.3, -0.25) is 4.79 Å². The van der Waals surface area contributed by atoms with Crippen molar-refractivity contribution in [3.63, 3.8) is 0 Å². The number of pyridine rings is 1. The van der Waals surface area contributed by atoms with Crippen LogP contribution in [0.5, 0.6) is 11.5 Å². The lowest BCUT2D eigenvalue weighted by atomic mass is 9.96. The Kier molecular flexibility index (Phi) is 8.20. The highest BCUT2D eigenvalue weighted by Gasteiger charge is 2.29. The van der Waals surface area contributed by atoms with Crippen molar-refractivity contribution in [1.29, 1.82) is 0 Å². The summed E-state index contributed by atoms with van der Waals surface area (Å²) < 4.78 is 13.2. The number of anilines is 1. The molecule has 1 aliphatic rings. The summed E-state index contributed by atoms with van der Waals surface area (Å²) in [6.45, 7) is 6.75. The first kappa shape index (κ1) is 28.4. The van der Waals surface area contributed by atoms with Gasteiger partial charge in [-0.05, 0) is 71.3 Å². The Bertz CT molecular complexity index is 1490. The fourth-order valence-electron chi connectivity index (χ4n) is 3.80. The Morgan fingerprint density at radius 1 is 1.08 bits per heavy atom. The highest BCUT2D eigenvalue weighted by molar-refractivity contribution is 6.34. The van der Waals surface area contributed by atoms with Gasteiger partial charge < -0.3 is 20.1 Å². The molecule has 0 aliphatic carbocycles. The molecule has 0 radical (unpaired) electrons. The van der Waals surface area contributed by atoms with Crippen LogP contribution in [0, 0.1) is 0 Å². The zero-order valence-electron chi connectivity index (χ0n) is 22.8. The van der Waals surface area contributed by atoms with Crippen LogP contribution in [-0.2, 0) is 6.61 Å². The molecule has 8 nitrogen and oxygen atoms in total. The van der Waals surface area contributed by atoms with Gasteiger partial charge in [0.15, 0.2) is 6.29 Å². The Hall–Kier alpha value is -3.59. The first-order chi connectivity index (χ1) is 18.4. The molecule has 0 unspecified atom stereocenters. The number of nitrogens with two attached hydrogens (primary N) is 1. The minimum Gasteiger partial charge on any atom is -0.496 e. The van der Waals surface area contributed by atoms with Crippen molar-refractivity contribution in [3.05, 3.63) is 70.0 Å². The number of halogens is 2. The van der Waals surface area contributed by atoms with Gasteiger partial charge in [0, 0.05) is 50.1 Å². The van der Waals surface area contributed by atoms with Gasteiger partial charge in [-0.2, -0.15) is 5.10 Å².